The first-order valence-electron chi connectivity index (χ1n) is 4.26. The fraction of sp³-hybridized carbons (Fsp3) is 0.167. The quantitative estimate of drug-likeness (QED) is 0.613. The Balaban J connectivity index is 2.80. The van der Waals surface area contributed by atoms with E-state index < -0.39 is 0 Å². The van der Waals surface area contributed by atoms with Crippen LogP contribution in [0, 0.1) is 0 Å². The van der Waals surface area contributed by atoms with Crippen LogP contribution in [0.4, 0.5) is 0 Å². The first kappa shape index (κ1) is 10.1. The van der Waals surface area contributed by atoms with Crippen molar-refractivity contribution in [3.63, 3.8) is 0 Å². The fourth-order valence-corrected chi connectivity index (χ4v) is 1.15. The van der Waals surface area contributed by atoms with Gasteiger partial charge in [-0.2, -0.15) is 0 Å². The average molecular weight is 193 g/mol. The Hall–Kier alpha value is -1.01. The van der Waals surface area contributed by atoms with Crippen LogP contribution in [0.15, 0.2) is 42.0 Å². The molecule has 0 amide bonds. The van der Waals surface area contributed by atoms with E-state index >= 15 is 0 Å². The van der Waals surface area contributed by atoms with Crippen LogP contribution in [0.2, 0.25) is 5.02 Å². The van der Waals surface area contributed by atoms with E-state index in [0.29, 0.717) is 0 Å². The van der Waals surface area contributed by atoms with E-state index in [9.17, 15) is 0 Å². The molecule has 0 spiro atoms. The summed E-state index contributed by atoms with van der Waals surface area (Å²) >= 11 is 5.97. The van der Waals surface area contributed by atoms with Gasteiger partial charge in [0.2, 0.25) is 0 Å². The molecular formula is C12H13Cl. The number of allylic oxidation sites excluding steroid dienone is 3. The van der Waals surface area contributed by atoms with Crippen LogP contribution >= 0.6 is 11.6 Å². The number of halogens is 1. The zero-order chi connectivity index (χ0) is 9.68. The standard InChI is InChI=1S/C12H13Cl/c1-10(2)6-5-8-11-7-3-4-9-12(11)13/h3-9H,1-2H3/b8-5-. The van der Waals surface area contributed by atoms with Gasteiger partial charge in [0.05, 0.1) is 0 Å². The number of rotatable bonds is 2. The third-order valence-corrected chi connectivity index (χ3v) is 1.95. The van der Waals surface area contributed by atoms with Gasteiger partial charge in [-0.3, -0.25) is 0 Å². The van der Waals surface area contributed by atoms with Crippen LogP contribution in [0.3, 0.4) is 0 Å². The predicted molar refractivity (Wildman–Crippen MR) is 59.9 cm³/mol. The Kier molecular flexibility index (Phi) is 3.78. The van der Waals surface area contributed by atoms with E-state index in [0.717, 1.165) is 10.6 Å². The Morgan fingerprint density at radius 2 is 1.92 bits per heavy atom. The smallest absolute Gasteiger partial charge is 0.0478 e. The van der Waals surface area contributed by atoms with Crippen molar-refractivity contribution in [3.8, 4) is 0 Å². The molecule has 0 N–H and O–H groups in total. The van der Waals surface area contributed by atoms with Gasteiger partial charge in [-0.1, -0.05) is 53.6 Å². The molecule has 13 heavy (non-hydrogen) atoms. The van der Waals surface area contributed by atoms with Crippen LogP contribution in [-0.2, 0) is 0 Å². The van der Waals surface area contributed by atoms with Gasteiger partial charge in [0, 0.05) is 5.02 Å². The van der Waals surface area contributed by atoms with E-state index in [-0.39, 0.29) is 0 Å². The highest BCUT2D eigenvalue weighted by atomic mass is 35.5. The van der Waals surface area contributed by atoms with Crippen LogP contribution < -0.4 is 0 Å². The lowest BCUT2D eigenvalue weighted by Crippen LogP contribution is -1.72. The zero-order valence-corrected chi connectivity index (χ0v) is 8.68. The second-order valence-electron chi connectivity index (χ2n) is 3.12. The number of benzene rings is 1. The molecule has 0 nitrogen and oxygen atoms in total. The van der Waals surface area contributed by atoms with Gasteiger partial charge in [0.25, 0.3) is 0 Å². The summed E-state index contributed by atoms with van der Waals surface area (Å²) in [7, 11) is 0. The SMILES string of the molecule is CC(C)=C/C=C\c1ccccc1Cl. The maximum absolute atomic E-state index is 5.97. The first-order chi connectivity index (χ1) is 6.20. The number of hydrogen-bond acceptors (Lipinski definition) is 0. The topological polar surface area (TPSA) is 0 Å². The highest BCUT2D eigenvalue weighted by Crippen LogP contribution is 2.16. The Morgan fingerprint density at radius 1 is 1.23 bits per heavy atom. The molecule has 0 aromatic heterocycles. The molecule has 1 aromatic carbocycles. The highest BCUT2D eigenvalue weighted by Gasteiger charge is 1.91. The van der Waals surface area contributed by atoms with Gasteiger partial charge in [-0.25, -0.2) is 0 Å². The normalized spacial score (nSPS) is 10.4. The molecule has 0 unspecified atom stereocenters. The fourth-order valence-electron chi connectivity index (χ4n) is 0.954. The molecule has 0 saturated heterocycles. The highest BCUT2D eigenvalue weighted by molar-refractivity contribution is 6.32. The summed E-state index contributed by atoms with van der Waals surface area (Å²) in [4.78, 5) is 0. The van der Waals surface area contributed by atoms with Gasteiger partial charge >= 0.3 is 0 Å². The molecule has 0 radical (unpaired) electrons. The van der Waals surface area contributed by atoms with E-state index in [4.69, 9.17) is 11.6 Å². The third kappa shape index (κ3) is 3.47. The van der Waals surface area contributed by atoms with Crippen molar-refractivity contribution in [2.45, 2.75) is 13.8 Å². The van der Waals surface area contributed by atoms with Gasteiger partial charge in [-0.15, -0.1) is 0 Å². The van der Waals surface area contributed by atoms with E-state index in [1.54, 1.807) is 0 Å². The Bertz CT molecular complexity index is 331. The Labute approximate surface area is 84.5 Å². The molecule has 0 heterocycles. The minimum atomic E-state index is 0.793. The van der Waals surface area contributed by atoms with Crippen molar-refractivity contribution in [2.75, 3.05) is 0 Å². The lowest BCUT2D eigenvalue weighted by Gasteiger charge is -1.94. The second kappa shape index (κ2) is 4.88. The minimum Gasteiger partial charge on any atom is -0.0837 e. The predicted octanol–water partition coefficient (Wildman–Crippen LogP) is 4.32. The average Bonchev–Trinajstić information content (AvgIpc) is 2.08. The van der Waals surface area contributed by atoms with E-state index in [1.165, 1.54) is 5.57 Å². The molecular weight excluding hydrogens is 180 g/mol. The molecule has 0 bridgehead atoms. The second-order valence-corrected chi connectivity index (χ2v) is 3.53. The molecule has 68 valence electrons. The summed E-state index contributed by atoms with van der Waals surface area (Å²) < 4.78 is 0. The van der Waals surface area contributed by atoms with Crippen molar-refractivity contribution >= 4 is 17.7 Å². The Morgan fingerprint density at radius 3 is 2.54 bits per heavy atom. The maximum Gasteiger partial charge on any atom is 0.0478 e. The molecule has 1 aromatic rings. The van der Waals surface area contributed by atoms with E-state index in [1.807, 2.05) is 36.4 Å². The minimum absolute atomic E-state index is 0.793. The van der Waals surface area contributed by atoms with Crippen molar-refractivity contribution in [3.05, 3.63) is 52.6 Å². The monoisotopic (exact) mass is 192 g/mol. The zero-order valence-electron chi connectivity index (χ0n) is 7.92. The first-order valence-corrected chi connectivity index (χ1v) is 4.64. The van der Waals surface area contributed by atoms with E-state index in [2.05, 4.69) is 19.9 Å². The third-order valence-electron chi connectivity index (χ3n) is 1.61. The summed E-state index contributed by atoms with van der Waals surface area (Å²) in [5.41, 5.74) is 2.34. The van der Waals surface area contributed by atoms with Gasteiger partial charge < -0.3 is 0 Å². The summed E-state index contributed by atoms with van der Waals surface area (Å²) in [6.45, 7) is 4.13. The molecule has 0 aliphatic rings. The van der Waals surface area contributed by atoms with Crippen LogP contribution in [0.25, 0.3) is 6.08 Å². The summed E-state index contributed by atoms with van der Waals surface area (Å²) in [5, 5.41) is 0.793. The summed E-state index contributed by atoms with van der Waals surface area (Å²) in [6.07, 6.45) is 6.08. The molecule has 0 fully saturated rings. The van der Waals surface area contributed by atoms with Crippen molar-refractivity contribution in [1.82, 2.24) is 0 Å². The van der Waals surface area contributed by atoms with Crippen molar-refractivity contribution < 1.29 is 0 Å². The van der Waals surface area contributed by atoms with Crippen molar-refractivity contribution in [2.24, 2.45) is 0 Å². The molecule has 0 saturated carbocycles. The van der Waals surface area contributed by atoms with Crippen LogP contribution in [-0.4, -0.2) is 0 Å². The largest absolute Gasteiger partial charge is 0.0837 e. The van der Waals surface area contributed by atoms with Gasteiger partial charge in [0.1, 0.15) is 0 Å². The van der Waals surface area contributed by atoms with Gasteiger partial charge in [0.15, 0.2) is 0 Å². The lowest BCUT2D eigenvalue weighted by molar-refractivity contribution is 1.40. The summed E-state index contributed by atoms with van der Waals surface area (Å²) in [6, 6.07) is 7.80. The molecule has 1 heteroatoms. The maximum atomic E-state index is 5.97. The van der Waals surface area contributed by atoms with Gasteiger partial charge in [-0.05, 0) is 25.5 Å². The molecule has 0 aliphatic heterocycles. The summed E-state index contributed by atoms with van der Waals surface area (Å²) in [5.74, 6) is 0. The number of hydrogen-bond donors (Lipinski definition) is 0. The molecule has 1 rings (SSSR count). The van der Waals surface area contributed by atoms with Crippen molar-refractivity contribution in [1.29, 1.82) is 0 Å². The van der Waals surface area contributed by atoms with Crippen LogP contribution in [0.5, 0.6) is 0 Å². The molecule has 0 aliphatic carbocycles. The molecule has 0 atom stereocenters. The lowest BCUT2D eigenvalue weighted by atomic mass is 10.2. The van der Waals surface area contributed by atoms with Crippen LogP contribution in [0.1, 0.15) is 19.4 Å².